The van der Waals surface area contributed by atoms with Crippen LogP contribution < -0.4 is 5.73 Å². The Labute approximate surface area is 122 Å². The van der Waals surface area contributed by atoms with Crippen LogP contribution in [0.5, 0.6) is 0 Å². The minimum atomic E-state index is -4.40. The number of alkyl halides is 3. The highest BCUT2D eigenvalue weighted by Gasteiger charge is 2.30. The molecular formula is C15H8F3N3O. The molecule has 3 aromatic rings. The van der Waals surface area contributed by atoms with Crippen LogP contribution in [0.3, 0.4) is 0 Å². The van der Waals surface area contributed by atoms with Gasteiger partial charge in [-0.1, -0.05) is 0 Å². The number of fused-ring (bicyclic) bond motifs is 1. The Balaban J connectivity index is 2.11. The van der Waals surface area contributed by atoms with Crippen LogP contribution >= 0.6 is 0 Å². The second-order valence-electron chi connectivity index (χ2n) is 4.59. The van der Waals surface area contributed by atoms with Crippen LogP contribution in [0, 0.1) is 11.3 Å². The molecule has 0 spiro atoms. The maximum Gasteiger partial charge on any atom is 0.416 e. The van der Waals surface area contributed by atoms with Crippen molar-refractivity contribution in [3.63, 3.8) is 0 Å². The summed E-state index contributed by atoms with van der Waals surface area (Å²) in [5.74, 6) is 0.109. The zero-order valence-electron chi connectivity index (χ0n) is 11.0. The van der Waals surface area contributed by atoms with E-state index in [2.05, 4.69) is 4.98 Å². The van der Waals surface area contributed by atoms with Gasteiger partial charge in [0.05, 0.1) is 16.8 Å². The molecule has 0 unspecified atom stereocenters. The number of rotatable bonds is 1. The van der Waals surface area contributed by atoms with Crippen molar-refractivity contribution in [2.45, 2.75) is 6.18 Å². The van der Waals surface area contributed by atoms with E-state index in [-0.39, 0.29) is 17.0 Å². The Morgan fingerprint density at radius 2 is 1.77 bits per heavy atom. The second kappa shape index (κ2) is 4.77. The summed E-state index contributed by atoms with van der Waals surface area (Å²) in [7, 11) is 0. The third kappa shape index (κ3) is 2.24. The van der Waals surface area contributed by atoms with Crippen molar-refractivity contribution >= 4 is 16.8 Å². The van der Waals surface area contributed by atoms with Crippen LogP contribution in [0.2, 0.25) is 0 Å². The van der Waals surface area contributed by atoms with Gasteiger partial charge in [0.15, 0.2) is 5.58 Å². The quantitative estimate of drug-likeness (QED) is 0.690. The summed E-state index contributed by atoms with van der Waals surface area (Å²) in [6.45, 7) is 0. The molecule has 0 aliphatic carbocycles. The molecule has 0 aliphatic rings. The smallest absolute Gasteiger partial charge is 0.416 e. The molecule has 0 aliphatic heterocycles. The lowest BCUT2D eigenvalue weighted by Crippen LogP contribution is -2.03. The molecule has 0 saturated carbocycles. The summed E-state index contributed by atoms with van der Waals surface area (Å²) < 4.78 is 43.1. The first-order valence-electron chi connectivity index (χ1n) is 6.17. The first-order chi connectivity index (χ1) is 10.4. The number of benzene rings is 2. The average Bonchev–Trinajstić information content (AvgIpc) is 2.93. The van der Waals surface area contributed by atoms with E-state index in [1.165, 1.54) is 24.3 Å². The molecule has 1 aromatic heterocycles. The number of anilines is 1. The van der Waals surface area contributed by atoms with Crippen LogP contribution in [0.4, 0.5) is 18.9 Å². The van der Waals surface area contributed by atoms with Gasteiger partial charge in [-0.25, -0.2) is 4.98 Å². The maximum absolute atomic E-state index is 12.5. The molecule has 110 valence electrons. The summed E-state index contributed by atoms with van der Waals surface area (Å²) in [5.41, 5.74) is 6.50. The molecule has 4 nitrogen and oxygen atoms in total. The molecule has 2 N–H and O–H groups in total. The van der Waals surface area contributed by atoms with Crippen molar-refractivity contribution in [3.8, 4) is 17.5 Å². The Kier molecular flexibility index (Phi) is 3.03. The van der Waals surface area contributed by atoms with Crippen LogP contribution in [0.1, 0.15) is 11.1 Å². The standard InChI is InChI=1S/C15H8F3N3O/c16-15(17,18)10-4-1-8(2-5-10)14-21-12-11(20)6-3-9(7-19)13(12)22-14/h1-6H,20H2. The van der Waals surface area contributed by atoms with E-state index in [0.717, 1.165) is 12.1 Å². The highest BCUT2D eigenvalue weighted by molar-refractivity contribution is 5.91. The van der Waals surface area contributed by atoms with Crippen LogP contribution in [0.15, 0.2) is 40.8 Å². The molecule has 7 heteroatoms. The number of hydrogen-bond acceptors (Lipinski definition) is 4. The summed E-state index contributed by atoms with van der Waals surface area (Å²) >= 11 is 0. The predicted octanol–water partition coefficient (Wildman–Crippen LogP) is 3.97. The number of halogens is 3. The number of hydrogen-bond donors (Lipinski definition) is 1. The van der Waals surface area contributed by atoms with Crippen molar-refractivity contribution in [2.75, 3.05) is 5.73 Å². The Hall–Kier alpha value is -3.01. The fourth-order valence-electron chi connectivity index (χ4n) is 2.04. The molecule has 1 heterocycles. The summed E-state index contributed by atoms with van der Waals surface area (Å²) in [4.78, 5) is 4.16. The Morgan fingerprint density at radius 1 is 1.09 bits per heavy atom. The van der Waals surface area contributed by atoms with Crippen molar-refractivity contribution < 1.29 is 17.6 Å². The normalized spacial score (nSPS) is 11.5. The first kappa shape index (κ1) is 13.9. The lowest BCUT2D eigenvalue weighted by molar-refractivity contribution is -0.137. The number of aromatic nitrogens is 1. The molecule has 3 rings (SSSR count). The number of nitrogen functional groups attached to an aromatic ring is 1. The number of nitrogens with zero attached hydrogens (tertiary/aromatic N) is 2. The maximum atomic E-state index is 12.5. The fourth-order valence-corrected chi connectivity index (χ4v) is 2.04. The van der Waals surface area contributed by atoms with Gasteiger partial charge in [0.1, 0.15) is 11.6 Å². The van der Waals surface area contributed by atoms with E-state index >= 15 is 0 Å². The zero-order chi connectivity index (χ0) is 15.9. The largest absolute Gasteiger partial charge is 0.435 e. The molecule has 22 heavy (non-hydrogen) atoms. The second-order valence-corrected chi connectivity index (χ2v) is 4.59. The lowest BCUT2D eigenvalue weighted by atomic mass is 10.1. The third-order valence-electron chi connectivity index (χ3n) is 3.15. The van der Waals surface area contributed by atoms with Gasteiger partial charge in [-0.2, -0.15) is 18.4 Å². The van der Waals surface area contributed by atoms with E-state index in [4.69, 9.17) is 15.4 Å². The number of oxazole rings is 1. The van der Waals surface area contributed by atoms with Crippen LogP contribution in [0.25, 0.3) is 22.6 Å². The average molecular weight is 303 g/mol. The third-order valence-corrected chi connectivity index (χ3v) is 3.15. The molecule has 2 aromatic carbocycles. The molecule has 0 saturated heterocycles. The number of nitrogens with two attached hydrogens (primary N) is 1. The Bertz CT molecular complexity index is 889. The highest BCUT2D eigenvalue weighted by Crippen LogP contribution is 2.33. The Morgan fingerprint density at radius 3 is 2.36 bits per heavy atom. The first-order valence-corrected chi connectivity index (χ1v) is 6.17. The zero-order valence-corrected chi connectivity index (χ0v) is 11.0. The van der Waals surface area contributed by atoms with Crippen LogP contribution in [-0.4, -0.2) is 4.98 Å². The van der Waals surface area contributed by atoms with Crippen molar-refractivity contribution in [2.24, 2.45) is 0 Å². The molecule has 0 amide bonds. The minimum absolute atomic E-state index is 0.109. The van der Waals surface area contributed by atoms with Crippen LogP contribution in [-0.2, 0) is 6.18 Å². The van der Waals surface area contributed by atoms with Crippen molar-refractivity contribution in [1.29, 1.82) is 5.26 Å². The van der Waals surface area contributed by atoms with E-state index in [1.54, 1.807) is 0 Å². The predicted molar refractivity (Wildman–Crippen MR) is 73.6 cm³/mol. The van der Waals surface area contributed by atoms with Gasteiger partial charge in [-0.15, -0.1) is 0 Å². The van der Waals surface area contributed by atoms with Gasteiger partial charge in [0.2, 0.25) is 5.89 Å². The van der Waals surface area contributed by atoms with Gasteiger partial charge in [0.25, 0.3) is 0 Å². The van der Waals surface area contributed by atoms with E-state index in [9.17, 15) is 13.2 Å². The fraction of sp³-hybridized carbons (Fsp3) is 0.0667. The van der Waals surface area contributed by atoms with E-state index < -0.39 is 11.7 Å². The number of nitriles is 1. The van der Waals surface area contributed by atoms with Crippen molar-refractivity contribution in [3.05, 3.63) is 47.5 Å². The van der Waals surface area contributed by atoms with Gasteiger partial charge < -0.3 is 10.2 Å². The highest BCUT2D eigenvalue weighted by atomic mass is 19.4. The van der Waals surface area contributed by atoms with Gasteiger partial charge in [-0.05, 0) is 36.4 Å². The summed E-state index contributed by atoms with van der Waals surface area (Å²) in [5, 5.41) is 9.03. The van der Waals surface area contributed by atoms with E-state index in [0.29, 0.717) is 16.8 Å². The van der Waals surface area contributed by atoms with Gasteiger partial charge >= 0.3 is 6.18 Å². The topological polar surface area (TPSA) is 75.8 Å². The van der Waals surface area contributed by atoms with Gasteiger partial charge in [-0.3, -0.25) is 0 Å². The molecular weight excluding hydrogens is 295 g/mol. The summed E-state index contributed by atoms with van der Waals surface area (Å²) in [6.07, 6.45) is -4.40. The van der Waals surface area contributed by atoms with E-state index in [1.807, 2.05) is 6.07 Å². The monoisotopic (exact) mass is 303 g/mol. The minimum Gasteiger partial charge on any atom is -0.435 e. The summed E-state index contributed by atoms with van der Waals surface area (Å²) in [6, 6.07) is 9.39. The molecule has 0 radical (unpaired) electrons. The SMILES string of the molecule is N#Cc1ccc(N)c2nc(-c3ccc(C(F)(F)F)cc3)oc12. The molecule has 0 fully saturated rings. The molecule has 0 bridgehead atoms. The molecule has 0 atom stereocenters. The van der Waals surface area contributed by atoms with Gasteiger partial charge in [0, 0.05) is 5.56 Å². The van der Waals surface area contributed by atoms with Crippen molar-refractivity contribution in [1.82, 2.24) is 4.98 Å². The lowest BCUT2D eigenvalue weighted by Gasteiger charge is -2.05.